The number of hydrogen-bond acceptors (Lipinski definition) is 5. The summed E-state index contributed by atoms with van der Waals surface area (Å²) in [5, 5.41) is 3.95. The first-order valence-electron chi connectivity index (χ1n) is 8.39. The Morgan fingerprint density at radius 3 is 2.80 bits per heavy atom. The van der Waals surface area contributed by atoms with Gasteiger partial charge >= 0.3 is 0 Å². The van der Waals surface area contributed by atoms with Gasteiger partial charge in [0.2, 0.25) is 0 Å². The molecule has 138 valence electrons. The largest absolute Gasteiger partial charge is 0.369 e. The third-order valence-corrected chi connectivity index (χ3v) is 3.42. The zero-order valence-corrected chi connectivity index (χ0v) is 15.5. The first-order valence-corrected chi connectivity index (χ1v) is 8.39. The van der Waals surface area contributed by atoms with E-state index in [2.05, 4.69) is 27.4 Å². The Morgan fingerprint density at radius 1 is 1.36 bits per heavy atom. The molecule has 1 aromatic heterocycles. The second-order valence-electron chi connectivity index (χ2n) is 6.07. The molecule has 0 fully saturated rings. The molecule has 0 bridgehead atoms. The average Bonchev–Trinajstić information content (AvgIpc) is 2.59. The standard InChI is InChI=1S/C17H29N7O/c1-5-14(18)8-7-11-24(4)13-20-22-17(25)15-9-6-10-16(21-15)19-12-23(2)3/h6,9-10,12-14H,5,7-8,11,18H2,1-4H3,(H,22,25)/b19-12?,20-13+. The van der Waals surface area contributed by atoms with E-state index in [0.29, 0.717) is 5.82 Å². The molecule has 0 saturated heterocycles. The number of rotatable bonds is 10. The molecule has 1 unspecified atom stereocenters. The van der Waals surface area contributed by atoms with E-state index in [0.717, 1.165) is 25.8 Å². The van der Waals surface area contributed by atoms with Crippen molar-refractivity contribution in [1.82, 2.24) is 20.2 Å². The molecule has 0 saturated carbocycles. The van der Waals surface area contributed by atoms with Crippen LogP contribution in [0.25, 0.3) is 0 Å². The summed E-state index contributed by atoms with van der Waals surface area (Å²) in [7, 11) is 5.63. The molecule has 1 rings (SSSR count). The van der Waals surface area contributed by atoms with Crippen LogP contribution >= 0.6 is 0 Å². The van der Waals surface area contributed by atoms with E-state index in [-0.39, 0.29) is 17.6 Å². The average molecular weight is 347 g/mol. The maximum Gasteiger partial charge on any atom is 0.290 e. The summed E-state index contributed by atoms with van der Waals surface area (Å²) in [6.07, 6.45) is 6.16. The van der Waals surface area contributed by atoms with Crippen molar-refractivity contribution in [2.24, 2.45) is 15.8 Å². The van der Waals surface area contributed by atoms with Crippen LogP contribution in [0.3, 0.4) is 0 Å². The number of pyridine rings is 1. The van der Waals surface area contributed by atoms with Gasteiger partial charge in [0.1, 0.15) is 12.0 Å². The van der Waals surface area contributed by atoms with Crippen LogP contribution in [-0.2, 0) is 0 Å². The van der Waals surface area contributed by atoms with Gasteiger partial charge in [0.05, 0.1) is 6.34 Å². The number of nitrogens with one attached hydrogen (secondary N) is 1. The molecule has 1 heterocycles. The fourth-order valence-electron chi connectivity index (χ4n) is 1.90. The summed E-state index contributed by atoms with van der Waals surface area (Å²) in [6, 6.07) is 5.33. The number of aliphatic imine (C=N–C) groups is 1. The topological polar surface area (TPSA) is 99.2 Å². The second kappa shape index (κ2) is 11.1. The third-order valence-electron chi connectivity index (χ3n) is 3.42. The summed E-state index contributed by atoms with van der Waals surface area (Å²) in [5.74, 6) is 0.0919. The van der Waals surface area contributed by atoms with Gasteiger partial charge in [0, 0.05) is 33.7 Å². The quantitative estimate of drug-likeness (QED) is 0.379. The Bertz CT molecular complexity index is 586. The van der Waals surface area contributed by atoms with Crippen molar-refractivity contribution in [1.29, 1.82) is 0 Å². The van der Waals surface area contributed by atoms with Gasteiger partial charge in [-0.3, -0.25) is 4.79 Å². The van der Waals surface area contributed by atoms with Crippen molar-refractivity contribution in [3.8, 4) is 0 Å². The molecule has 8 heteroatoms. The summed E-state index contributed by atoms with van der Waals surface area (Å²) >= 11 is 0. The smallest absolute Gasteiger partial charge is 0.290 e. The van der Waals surface area contributed by atoms with Crippen LogP contribution in [0.2, 0.25) is 0 Å². The molecule has 0 aromatic carbocycles. The van der Waals surface area contributed by atoms with Gasteiger partial charge in [-0.25, -0.2) is 15.4 Å². The van der Waals surface area contributed by atoms with Crippen LogP contribution in [-0.4, -0.2) is 67.1 Å². The van der Waals surface area contributed by atoms with Gasteiger partial charge in [-0.05, 0) is 31.4 Å². The van der Waals surface area contributed by atoms with Crippen LogP contribution < -0.4 is 11.2 Å². The monoisotopic (exact) mass is 347 g/mol. The Labute approximate surface area is 149 Å². The predicted molar refractivity (Wildman–Crippen MR) is 102 cm³/mol. The van der Waals surface area contributed by atoms with Gasteiger partial charge in [-0.2, -0.15) is 5.10 Å². The minimum atomic E-state index is -0.375. The van der Waals surface area contributed by atoms with Crippen LogP contribution in [0.4, 0.5) is 5.82 Å². The highest BCUT2D eigenvalue weighted by Crippen LogP contribution is 2.08. The van der Waals surface area contributed by atoms with Crippen molar-refractivity contribution >= 4 is 24.4 Å². The highest BCUT2D eigenvalue weighted by atomic mass is 16.2. The van der Waals surface area contributed by atoms with Gasteiger partial charge in [0.25, 0.3) is 5.91 Å². The summed E-state index contributed by atoms with van der Waals surface area (Å²) in [5.41, 5.74) is 8.62. The fourth-order valence-corrected chi connectivity index (χ4v) is 1.90. The third kappa shape index (κ3) is 8.80. The Morgan fingerprint density at radius 2 is 2.12 bits per heavy atom. The van der Waals surface area contributed by atoms with Gasteiger partial charge in [-0.15, -0.1) is 0 Å². The van der Waals surface area contributed by atoms with E-state index in [4.69, 9.17) is 5.73 Å². The van der Waals surface area contributed by atoms with Gasteiger partial charge in [-0.1, -0.05) is 13.0 Å². The lowest BCUT2D eigenvalue weighted by Gasteiger charge is -2.14. The molecule has 3 N–H and O–H groups in total. The highest BCUT2D eigenvalue weighted by molar-refractivity contribution is 5.92. The van der Waals surface area contributed by atoms with Crippen molar-refractivity contribution in [2.75, 3.05) is 27.7 Å². The number of nitrogens with zero attached hydrogens (tertiary/aromatic N) is 5. The van der Waals surface area contributed by atoms with Crippen molar-refractivity contribution < 1.29 is 4.79 Å². The highest BCUT2D eigenvalue weighted by Gasteiger charge is 2.06. The number of hydrogen-bond donors (Lipinski definition) is 2. The molecule has 1 aromatic rings. The van der Waals surface area contributed by atoms with Gasteiger partial charge < -0.3 is 15.5 Å². The molecule has 1 amide bonds. The number of nitrogens with two attached hydrogens (primary N) is 1. The number of carbonyl (C=O) groups is 1. The van der Waals surface area contributed by atoms with Crippen molar-refractivity contribution in [2.45, 2.75) is 32.2 Å². The summed E-state index contributed by atoms with van der Waals surface area (Å²) < 4.78 is 0. The minimum absolute atomic E-state index is 0.249. The summed E-state index contributed by atoms with van der Waals surface area (Å²) in [6.45, 7) is 2.92. The van der Waals surface area contributed by atoms with E-state index in [1.54, 1.807) is 35.8 Å². The fraction of sp³-hybridized carbons (Fsp3) is 0.529. The molecule has 0 aliphatic rings. The number of carbonyl (C=O) groups excluding carboxylic acids is 1. The Hall–Kier alpha value is -2.48. The second-order valence-corrected chi connectivity index (χ2v) is 6.07. The lowest BCUT2D eigenvalue weighted by atomic mass is 10.1. The van der Waals surface area contributed by atoms with Gasteiger partial charge in [0.15, 0.2) is 5.82 Å². The first kappa shape index (κ1) is 20.6. The van der Waals surface area contributed by atoms with Crippen LogP contribution in [0.15, 0.2) is 28.3 Å². The molecule has 25 heavy (non-hydrogen) atoms. The molecule has 0 aliphatic heterocycles. The first-order chi connectivity index (χ1) is 11.9. The molecule has 0 aliphatic carbocycles. The zero-order chi connectivity index (χ0) is 18.7. The van der Waals surface area contributed by atoms with Crippen LogP contribution in [0, 0.1) is 0 Å². The molecule has 1 atom stereocenters. The number of aromatic nitrogens is 1. The van der Waals surface area contributed by atoms with E-state index < -0.39 is 0 Å². The van der Waals surface area contributed by atoms with Crippen LogP contribution in [0.5, 0.6) is 0 Å². The lowest BCUT2D eigenvalue weighted by Crippen LogP contribution is -2.25. The Balaban J connectivity index is 2.46. The van der Waals surface area contributed by atoms with E-state index in [1.165, 1.54) is 0 Å². The molecule has 0 radical (unpaired) electrons. The van der Waals surface area contributed by atoms with E-state index >= 15 is 0 Å². The molecule has 8 nitrogen and oxygen atoms in total. The predicted octanol–water partition coefficient (Wildman–Crippen LogP) is 1.43. The molecule has 0 spiro atoms. The summed E-state index contributed by atoms with van der Waals surface area (Å²) in [4.78, 5) is 24.1. The lowest BCUT2D eigenvalue weighted by molar-refractivity contribution is 0.0949. The Kier molecular flexibility index (Phi) is 9.16. The number of amides is 1. The van der Waals surface area contributed by atoms with E-state index in [1.807, 2.05) is 26.0 Å². The van der Waals surface area contributed by atoms with Crippen LogP contribution in [0.1, 0.15) is 36.7 Å². The maximum absolute atomic E-state index is 12.1. The van der Waals surface area contributed by atoms with Crippen molar-refractivity contribution in [3.63, 3.8) is 0 Å². The van der Waals surface area contributed by atoms with Crippen molar-refractivity contribution in [3.05, 3.63) is 23.9 Å². The zero-order valence-electron chi connectivity index (χ0n) is 15.5. The van der Waals surface area contributed by atoms with E-state index in [9.17, 15) is 4.79 Å². The maximum atomic E-state index is 12.1. The molecular formula is C17H29N7O. The number of hydrazone groups is 1. The SMILES string of the molecule is CCC(N)CCCN(C)/C=N/NC(=O)c1cccc(N=CN(C)C)n1. The normalized spacial score (nSPS) is 12.5. The molecular weight excluding hydrogens is 318 g/mol. The minimum Gasteiger partial charge on any atom is -0.369 e.